The molecule has 0 aliphatic rings. The Kier molecular flexibility index (Phi) is 2.42. The molecule has 0 saturated carbocycles. The molecule has 1 heterocycles. The second-order valence-corrected chi connectivity index (χ2v) is 4.08. The van der Waals surface area contributed by atoms with Crippen LogP contribution in [0.2, 0.25) is 0 Å². The van der Waals surface area contributed by atoms with Crippen LogP contribution in [0, 0.1) is 0 Å². The van der Waals surface area contributed by atoms with E-state index in [1.165, 1.54) is 5.56 Å². The minimum absolute atomic E-state index is 0.596. The molecule has 0 unspecified atom stereocenters. The molecule has 2 rings (SSSR count). The number of fused-ring (bicyclic) bond motifs is 1. The molecule has 72 valence electrons. The first kappa shape index (κ1) is 9.46. The maximum atomic E-state index is 5.82. The third-order valence-electron chi connectivity index (χ3n) is 2.34. The van der Waals surface area contributed by atoms with Gasteiger partial charge in [-0.2, -0.15) is 0 Å². The Morgan fingerprint density at radius 1 is 1.36 bits per heavy atom. The fourth-order valence-corrected chi connectivity index (χ4v) is 1.94. The first-order chi connectivity index (χ1) is 6.72. The smallest absolute Gasteiger partial charge is 0.131 e. The van der Waals surface area contributed by atoms with Crippen molar-refractivity contribution in [2.45, 2.75) is 13.3 Å². The Bertz CT molecular complexity index is 480. The van der Waals surface area contributed by atoms with E-state index in [9.17, 15) is 0 Å². The van der Waals surface area contributed by atoms with Crippen molar-refractivity contribution in [1.82, 2.24) is 4.98 Å². The van der Waals surface area contributed by atoms with Crippen molar-refractivity contribution in [2.24, 2.45) is 0 Å². The molecule has 0 spiro atoms. The molecule has 2 N–H and O–H groups in total. The number of halogens is 1. The van der Waals surface area contributed by atoms with E-state index in [0.29, 0.717) is 5.82 Å². The maximum Gasteiger partial charge on any atom is 0.131 e. The van der Waals surface area contributed by atoms with Gasteiger partial charge in [-0.15, -0.1) is 0 Å². The van der Waals surface area contributed by atoms with Gasteiger partial charge < -0.3 is 5.73 Å². The Morgan fingerprint density at radius 3 is 2.86 bits per heavy atom. The number of aryl methyl sites for hydroxylation is 1. The van der Waals surface area contributed by atoms with Gasteiger partial charge in [0.2, 0.25) is 0 Å². The molecule has 0 atom stereocenters. The van der Waals surface area contributed by atoms with Crippen LogP contribution in [-0.4, -0.2) is 4.98 Å². The van der Waals surface area contributed by atoms with Gasteiger partial charge in [0.1, 0.15) is 5.82 Å². The highest BCUT2D eigenvalue weighted by Gasteiger charge is 2.03. The van der Waals surface area contributed by atoms with E-state index in [-0.39, 0.29) is 0 Å². The van der Waals surface area contributed by atoms with Crippen molar-refractivity contribution in [3.05, 3.63) is 34.4 Å². The van der Waals surface area contributed by atoms with Gasteiger partial charge in [-0.1, -0.05) is 19.1 Å². The fraction of sp³-hybridized carbons (Fsp3) is 0.182. The second-order valence-electron chi connectivity index (χ2n) is 3.22. The SMILES string of the molecule is CCc1ccc2c(Br)cnc(N)c2c1. The number of nitrogens with two attached hydrogens (primary N) is 1. The lowest BCUT2D eigenvalue weighted by atomic mass is 10.1. The van der Waals surface area contributed by atoms with Gasteiger partial charge >= 0.3 is 0 Å². The number of aromatic nitrogens is 1. The summed E-state index contributed by atoms with van der Waals surface area (Å²) in [7, 11) is 0. The van der Waals surface area contributed by atoms with Crippen LogP contribution >= 0.6 is 15.9 Å². The summed E-state index contributed by atoms with van der Waals surface area (Å²) in [6.45, 7) is 2.13. The van der Waals surface area contributed by atoms with Gasteiger partial charge in [0.05, 0.1) is 0 Å². The van der Waals surface area contributed by atoms with Crippen molar-refractivity contribution < 1.29 is 0 Å². The maximum absolute atomic E-state index is 5.82. The van der Waals surface area contributed by atoms with Crippen molar-refractivity contribution in [3.63, 3.8) is 0 Å². The lowest BCUT2D eigenvalue weighted by molar-refractivity contribution is 1.14. The molecule has 0 aliphatic carbocycles. The minimum atomic E-state index is 0.596. The van der Waals surface area contributed by atoms with Gasteiger partial charge in [0, 0.05) is 21.4 Å². The third-order valence-corrected chi connectivity index (χ3v) is 2.97. The number of anilines is 1. The summed E-state index contributed by atoms with van der Waals surface area (Å²) >= 11 is 3.46. The Labute approximate surface area is 91.3 Å². The Morgan fingerprint density at radius 2 is 2.14 bits per heavy atom. The van der Waals surface area contributed by atoms with Crippen LogP contribution in [0.25, 0.3) is 10.8 Å². The molecule has 0 radical (unpaired) electrons. The quantitative estimate of drug-likeness (QED) is 0.845. The molecule has 0 bridgehead atoms. The topological polar surface area (TPSA) is 38.9 Å². The average Bonchev–Trinajstić information content (AvgIpc) is 2.23. The number of hydrogen-bond acceptors (Lipinski definition) is 2. The standard InChI is InChI=1S/C11H11BrN2/c1-2-7-3-4-8-9(5-7)11(13)14-6-10(8)12/h3-6H,2H2,1H3,(H2,13,14). The van der Waals surface area contributed by atoms with Crippen LogP contribution in [0.3, 0.4) is 0 Å². The van der Waals surface area contributed by atoms with Crippen LogP contribution in [0.4, 0.5) is 5.82 Å². The second kappa shape index (κ2) is 3.58. The summed E-state index contributed by atoms with van der Waals surface area (Å²) in [6, 6.07) is 6.30. The number of benzene rings is 1. The third kappa shape index (κ3) is 1.48. The van der Waals surface area contributed by atoms with Crippen LogP contribution in [0.5, 0.6) is 0 Å². The predicted octanol–water partition coefficient (Wildman–Crippen LogP) is 3.14. The zero-order valence-electron chi connectivity index (χ0n) is 7.92. The first-order valence-corrected chi connectivity index (χ1v) is 5.34. The number of rotatable bonds is 1. The van der Waals surface area contributed by atoms with Crippen LogP contribution in [0.1, 0.15) is 12.5 Å². The summed E-state index contributed by atoms with van der Waals surface area (Å²) in [5, 5.41) is 2.15. The van der Waals surface area contributed by atoms with Crippen molar-refractivity contribution in [1.29, 1.82) is 0 Å². The Hall–Kier alpha value is -1.09. The van der Waals surface area contributed by atoms with E-state index in [1.807, 2.05) is 0 Å². The molecular weight excluding hydrogens is 240 g/mol. The van der Waals surface area contributed by atoms with Crippen molar-refractivity contribution in [3.8, 4) is 0 Å². The monoisotopic (exact) mass is 250 g/mol. The number of pyridine rings is 1. The summed E-state index contributed by atoms with van der Waals surface area (Å²) in [4.78, 5) is 4.11. The average molecular weight is 251 g/mol. The Balaban J connectivity index is 2.80. The van der Waals surface area contributed by atoms with Crippen LogP contribution in [-0.2, 0) is 6.42 Å². The summed E-state index contributed by atoms with van der Waals surface area (Å²) in [6.07, 6.45) is 2.76. The lowest BCUT2D eigenvalue weighted by Crippen LogP contribution is -1.92. The highest BCUT2D eigenvalue weighted by atomic mass is 79.9. The largest absolute Gasteiger partial charge is 0.383 e. The summed E-state index contributed by atoms with van der Waals surface area (Å²) in [5.41, 5.74) is 7.10. The molecule has 14 heavy (non-hydrogen) atoms. The number of hydrogen-bond donors (Lipinski definition) is 1. The van der Waals surface area contributed by atoms with Crippen molar-refractivity contribution in [2.75, 3.05) is 5.73 Å². The van der Waals surface area contributed by atoms with E-state index < -0.39 is 0 Å². The van der Waals surface area contributed by atoms with Crippen LogP contribution in [0.15, 0.2) is 28.9 Å². The highest BCUT2D eigenvalue weighted by Crippen LogP contribution is 2.27. The molecule has 0 fully saturated rings. The number of nitrogens with zero attached hydrogens (tertiary/aromatic N) is 1. The normalized spacial score (nSPS) is 10.7. The molecule has 0 aliphatic heterocycles. The van der Waals surface area contributed by atoms with E-state index in [2.05, 4.69) is 46.0 Å². The van der Waals surface area contributed by atoms with Gasteiger partial charge in [-0.25, -0.2) is 4.98 Å². The van der Waals surface area contributed by atoms with E-state index in [0.717, 1.165) is 21.7 Å². The fourth-order valence-electron chi connectivity index (χ4n) is 1.50. The highest BCUT2D eigenvalue weighted by molar-refractivity contribution is 9.10. The zero-order chi connectivity index (χ0) is 10.1. The molecular formula is C11H11BrN2. The molecule has 0 amide bonds. The molecule has 2 aromatic rings. The van der Waals surface area contributed by atoms with Crippen molar-refractivity contribution >= 4 is 32.5 Å². The van der Waals surface area contributed by atoms with Gasteiger partial charge in [0.25, 0.3) is 0 Å². The molecule has 3 heteroatoms. The molecule has 1 aromatic carbocycles. The number of nitrogen functional groups attached to an aromatic ring is 1. The molecule has 1 aromatic heterocycles. The molecule has 0 saturated heterocycles. The zero-order valence-corrected chi connectivity index (χ0v) is 9.51. The summed E-state index contributed by atoms with van der Waals surface area (Å²) in [5.74, 6) is 0.596. The van der Waals surface area contributed by atoms with Gasteiger partial charge in [-0.3, -0.25) is 0 Å². The summed E-state index contributed by atoms with van der Waals surface area (Å²) < 4.78 is 0.990. The van der Waals surface area contributed by atoms with Crippen LogP contribution < -0.4 is 5.73 Å². The van der Waals surface area contributed by atoms with E-state index in [1.54, 1.807) is 6.20 Å². The van der Waals surface area contributed by atoms with Gasteiger partial charge in [-0.05, 0) is 34.0 Å². The van der Waals surface area contributed by atoms with Gasteiger partial charge in [0.15, 0.2) is 0 Å². The lowest BCUT2D eigenvalue weighted by Gasteiger charge is -2.05. The predicted molar refractivity (Wildman–Crippen MR) is 63.2 cm³/mol. The first-order valence-electron chi connectivity index (χ1n) is 4.55. The van der Waals surface area contributed by atoms with E-state index in [4.69, 9.17) is 5.73 Å². The molecule has 2 nitrogen and oxygen atoms in total. The minimum Gasteiger partial charge on any atom is -0.383 e. The van der Waals surface area contributed by atoms with E-state index >= 15 is 0 Å².